The van der Waals surface area contributed by atoms with Crippen LogP contribution in [-0.2, 0) is 13.0 Å². The van der Waals surface area contributed by atoms with Gasteiger partial charge in [-0.05, 0) is 42.5 Å². The van der Waals surface area contributed by atoms with Gasteiger partial charge in [0.2, 0.25) is 5.89 Å². The zero-order valence-corrected chi connectivity index (χ0v) is 18.1. The Morgan fingerprint density at radius 3 is 2.74 bits per heavy atom. The second kappa shape index (κ2) is 11.0. The molecule has 8 heteroatoms. The first-order valence-corrected chi connectivity index (χ1v) is 9.37. The Labute approximate surface area is 179 Å². The van der Waals surface area contributed by atoms with E-state index in [9.17, 15) is 4.39 Å². The highest BCUT2D eigenvalue weighted by Gasteiger charge is 2.07. The van der Waals surface area contributed by atoms with E-state index in [2.05, 4.69) is 20.6 Å². The van der Waals surface area contributed by atoms with Crippen LogP contribution in [0.3, 0.4) is 0 Å². The lowest BCUT2D eigenvalue weighted by Crippen LogP contribution is -2.38. The van der Waals surface area contributed by atoms with Crippen molar-refractivity contribution in [3.05, 3.63) is 65.1 Å². The predicted octanol–water partition coefficient (Wildman–Crippen LogP) is 4.46. The molecule has 144 valence electrons. The number of thiophene rings is 1. The Balaban J connectivity index is 0.00000261. The number of hydrogen-bond donors (Lipinski definition) is 2. The molecule has 0 fully saturated rings. The number of halogens is 2. The van der Waals surface area contributed by atoms with Gasteiger partial charge in [-0.25, -0.2) is 14.4 Å². The first-order chi connectivity index (χ1) is 12.7. The van der Waals surface area contributed by atoms with Gasteiger partial charge in [-0.1, -0.05) is 18.2 Å². The molecule has 0 unspecified atom stereocenters. The third-order valence-electron chi connectivity index (χ3n) is 3.65. The number of aromatic nitrogens is 1. The molecule has 0 aliphatic rings. The first-order valence-electron chi connectivity index (χ1n) is 8.49. The summed E-state index contributed by atoms with van der Waals surface area (Å²) in [6.07, 6.45) is 2.43. The van der Waals surface area contributed by atoms with Gasteiger partial charge in [0.15, 0.2) is 5.96 Å². The molecule has 0 saturated heterocycles. The SMILES string of the molecule is CCNC(=NCc1coc(-c2cccs2)n1)NCCc1ccc(F)cc1.I. The molecule has 1 aromatic carbocycles. The minimum absolute atomic E-state index is 0. The lowest BCUT2D eigenvalue weighted by Gasteiger charge is -2.11. The predicted molar refractivity (Wildman–Crippen MR) is 118 cm³/mol. The van der Waals surface area contributed by atoms with Crippen LogP contribution in [0.5, 0.6) is 0 Å². The topological polar surface area (TPSA) is 62.5 Å². The average Bonchev–Trinajstić information content (AvgIpc) is 3.33. The Morgan fingerprint density at radius 1 is 1.22 bits per heavy atom. The normalized spacial score (nSPS) is 11.1. The van der Waals surface area contributed by atoms with E-state index < -0.39 is 0 Å². The van der Waals surface area contributed by atoms with E-state index in [0.29, 0.717) is 19.0 Å². The molecule has 2 aromatic heterocycles. The molecule has 0 amide bonds. The molecule has 0 saturated carbocycles. The summed E-state index contributed by atoms with van der Waals surface area (Å²) < 4.78 is 18.4. The minimum Gasteiger partial charge on any atom is -0.443 e. The lowest BCUT2D eigenvalue weighted by atomic mass is 10.1. The molecular formula is C19H22FIN4OS. The summed E-state index contributed by atoms with van der Waals surface area (Å²) in [5, 5.41) is 8.47. The highest BCUT2D eigenvalue weighted by atomic mass is 127. The number of aliphatic imine (C=N–C) groups is 1. The molecule has 3 rings (SSSR count). The molecule has 0 aliphatic carbocycles. The Bertz CT molecular complexity index is 834. The van der Waals surface area contributed by atoms with Gasteiger partial charge in [0.1, 0.15) is 17.8 Å². The van der Waals surface area contributed by atoms with Crippen LogP contribution in [0.1, 0.15) is 18.2 Å². The molecule has 27 heavy (non-hydrogen) atoms. The fraction of sp³-hybridized carbons (Fsp3) is 0.263. The summed E-state index contributed by atoms with van der Waals surface area (Å²) >= 11 is 1.59. The van der Waals surface area contributed by atoms with E-state index in [1.54, 1.807) is 29.7 Å². The van der Waals surface area contributed by atoms with Crippen LogP contribution in [0.15, 0.2) is 57.5 Å². The van der Waals surface area contributed by atoms with Crippen LogP contribution in [0.25, 0.3) is 10.8 Å². The summed E-state index contributed by atoms with van der Waals surface area (Å²) in [6.45, 7) is 3.92. The Kier molecular flexibility index (Phi) is 8.73. The largest absolute Gasteiger partial charge is 0.443 e. The van der Waals surface area contributed by atoms with E-state index in [-0.39, 0.29) is 29.8 Å². The van der Waals surface area contributed by atoms with E-state index in [4.69, 9.17) is 4.42 Å². The lowest BCUT2D eigenvalue weighted by molar-refractivity contribution is 0.574. The quantitative estimate of drug-likeness (QED) is 0.286. The van der Waals surface area contributed by atoms with Crippen molar-refractivity contribution < 1.29 is 8.81 Å². The number of rotatable bonds is 7. The van der Waals surface area contributed by atoms with E-state index in [1.807, 2.05) is 24.4 Å². The van der Waals surface area contributed by atoms with Crippen LogP contribution in [0.4, 0.5) is 4.39 Å². The van der Waals surface area contributed by atoms with Crippen molar-refractivity contribution in [2.75, 3.05) is 13.1 Å². The van der Waals surface area contributed by atoms with Crippen molar-refractivity contribution in [1.29, 1.82) is 0 Å². The van der Waals surface area contributed by atoms with Crippen LogP contribution in [-0.4, -0.2) is 24.0 Å². The van der Waals surface area contributed by atoms with Crippen LogP contribution < -0.4 is 10.6 Å². The average molecular weight is 500 g/mol. The molecule has 3 aromatic rings. The van der Waals surface area contributed by atoms with Crippen molar-refractivity contribution in [3.8, 4) is 10.8 Å². The second-order valence-corrected chi connectivity index (χ2v) is 6.57. The zero-order chi connectivity index (χ0) is 18.2. The smallest absolute Gasteiger partial charge is 0.236 e. The van der Waals surface area contributed by atoms with Gasteiger partial charge in [-0.3, -0.25) is 0 Å². The number of nitrogens with one attached hydrogen (secondary N) is 2. The van der Waals surface area contributed by atoms with Crippen molar-refractivity contribution >= 4 is 41.3 Å². The number of guanidine groups is 1. The Morgan fingerprint density at radius 2 is 2.04 bits per heavy atom. The summed E-state index contributed by atoms with van der Waals surface area (Å²) in [5.74, 6) is 1.13. The number of nitrogens with zero attached hydrogens (tertiary/aromatic N) is 2. The third-order valence-corrected chi connectivity index (χ3v) is 4.50. The maximum Gasteiger partial charge on any atom is 0.236 e. The molecule has 0 radical (unpaired) electrons. The van der Waals surface area contributed by atoms with Gasteiger partial charge in [-0.2, -0.15) is 0 Å². The van der Waals surface area contributed by atoms with E-state index >= 15 is 0 Å². The van der Waals surface area contributed by atoms with Crippen LogP contribution in [0.2, 0.25) is 0 Å². The van der Waals surface area contributed by atoms with Crippen molar-refractivity contribution in [2.24, 2.45) is 4.99 Å². The number of oxazole rings is 1. The fourth-order valence-electron chi connectivity index (χ4n) is 2.37. The molecule has 0 aliphatic heterocycles. The van der Waals surface area contributed by atoms with E-state index in [1.165, 1.54) is 12.1 Å². The minimum atomic E-state index is -0.217. The molecule has 0 atom stereocenters. The molecule has 2 heterocycles. The highest BCUT2D eigenvalue weighted by molar-refractivity contribution is 14.0. The maximum atomic E-state index is 12.9. The monoisotopic (exact) mass is 500 g/mol. The van der Waals surface area contributed by atoms with Gasteiger partial charge < -0.3 is 15.1 Å². The van der Waals surface area contributed by atoms with Crippen LogP contribution >= 0.6 is 35.3 Å². The van der Waals surface area contributed by atoms with Crippen LogP contribution in [0, 0.1) is 5.82 Å². The van der Waals surface area contributed by atoms with Crippen molar-refractivity contribution in [2.45, 2.75) is 19.9 Å². The summed E-state index contributed by atoms with van der Waals surface area (Å²) in [5.41, 5.74) is 1.86. The second-order valence-electron chi connectivity index (χ2n) is 5.62. The van der Waals surface area contributed by atoms with Gasteiger partial charge >= 0.3 is 0 Å². The summed E-state index contributed by atoms with van der Waals surface area (Å²) in [6, 6.07) is 10.5. The van der Waals surface area contributed by atoms with Gasteiger partial charge in [-0.15, -0.1) is 35.3 Å². The maximum absolute atomic E-state index is 12.9. The van der Waals surface area contributed by atoms with Gasteiger partial charge in [0, 0.05) is 13.1 Å². The third kappa shape index (κ3) is 6.62. The summed E-state index contributed by atoms with van der Waals surface area (Å²) in [7, 11) is 0. The molecular weight excluding hydrogens is 478 g/mol. The molecule has 0 bridgehead atoms. The van der Waals surface area contributed by atoms with Gasteiger partial charge in [0.05, 0.1) is 11.4 Å². The van der Waals surface area contributed by atoms with Crippen molar-refractivity contribution in [3.63, 3.8) is 0 Å². The standard InChI is InChI=1S/C19H21FN4OS.HI/c1-2-21-19(22-10-9-14-5-7-15(20)8-6-14)23-12-16-13-25-18(24-16)17-4-3-11-26-17;/h3-8,11,13H,2,9-10,12H2,1H3,(H2,21,22,23);1H. The van der Waals surface area contributed by atoms with E-state index in [0.717, 1.165) is 35.1 Å². The molecule has 5 nitrogen and oxygen atoms in total. The number of hydrogen-bond acceptors (Lipinski definition) is 4. The molecule has 2 N–H and O–H groups in total. The molecule has 0 spiro atoms. The zero-order valence-electron chi connectivity index (χ0n) is 14.9. The van der Waals surface area contributed by atoms with Gasteiger partial charge in [0.25, 0.3) is 0 Å². The van der Waals surface area contributed by atoms with Crippen molar-refractivity contribution in [1.82, 2.24) is 15.6 Å². The summed E-state index contributed by atoms with van der Waals surface area (Å²) in [4.78, 5) is 10.0. The number of benzene rings is 1. The Hall–Kier alpha value is -1.94. The first kappa shape index (κ1) is 21.4. The highest BCUT2D eigenvalue weighted by Crippen LogP contribution is 2.23. The fourth-order valence-corrected chi connectivity index (χ4v) is 3.03.